The van der Waals surface area contributed by atoms with Crippen LogP contribution in [0.3, 0.4) is 0 Å². The van der Waals surface area contributed by atoms with Crippen molar-refractivity contribution in [3.05, 3.63) is 29.8 Å². The molecule has 0 aromatic heterocycles. The maximum absolute atomic E-state index is 12.7. The molecule has 8 nitrogen and oxygen atoms in total. The van der Waals surface area contributed by atoms with Crippen LogP contribution in [0.2, 0.25) is 0 Å². The zero-order valence-electron chi connectivity index (χ0n) is 15.7. The van der Waals surface area contributed by atoms with Crippen molar-refractivity contribution in [1.82, 2.24) is 9.62 Å². The summed E-state index contributed by atoms with van der Waals surface area (Å²) in [7, 11) is -1.77. The van der Waals surface area contributed by atoms with Crippen LogP contribution in [0.15, 0.2) is 24.3 Å². The van der Waals surface area contributed by atoms with Gasteiger partial charge in [0.1, 0.15) is 0 Å². The molecule has 1 aliphatic heterocycles. The van der Waals surface area contributed by atoms with E-state index in [0.717, 1.165) is 0 Å². The molecule has 1 aromatic rings. The van der Waals surface area contributed by atoms with Gasteiger partial charge in [0, 0.05) is 26.7 Å². The molecule has 0 spiro atoms. The molecule has 1 saturated heterocycles. The van der Waals surface area contributed by atoms with Crippen LogP contribution >= 0.6 is 0 Å². The second-order valence-corrected chi connectivity index (χ2v) is 8.64. The predicted molar refractivity (Wildman–Crippen MR) is 103 cm³/mol. The van der Waals surface area contributed by atoms with Crippen molar-refractivity contribution >= 4 is 27.5 Å². The first kappa shape index (κ1) is 21.3. The maximum atomic E-state index is 12.7. The maximum Gasteiger partial charge on any atom is 0.253 e. The molecule has 2 rings (SSSR count). The molecule has 0 aliphatic carbocycles. The zero-order valence-corrected chi connectivity index (χ0v) is 16.5. The molecule has 1 aliphatic rings. The summed E-state index contributed by atoms with van der Waals surface area (Å²) in [6.07, 6.45) is 1.25. The summed E-state index contributed by atoms with van der Waals surface area (Å²) in [6, 6.07) is 6.74. The van der Waals surface area contributed by atoms with Crippen molar-refractivity contribution < 1.29 is 22.7 Å². The van der Waals surface area contributed by atoms with Crippen molar-refractivity contribution in [3.63, 3.8) is 0 Å². The van der Waals surface area contributed by atoms with E-state index >= 15 is 0 Å². The number of piperidine rings is 1. The lowest BCUT2D eigenvalue weighted by atomic mass is 9.98. The highest BCUT2D eigenvalue weighted by molar-refractivity contribution is 7.89. The summed E-state index contributed by atoms with van der Waals surface area (Å²) >= 11 is 0. The van der Waals surface area contributed by atoms with Gasteiger partial charge in [-0.25, -0.2) is 12.7 Å². The summed E-state index contributed by atoms with van der Waals surface area (Å²) in [4.78, 5) is 25.0. The van der Waals surface area contributed by atoms with Gasteiger partial charge in [0.25, 0.3) is 5.91 Å². The Morgan fingerprint density at radius 3 is 2.74 bits per heavy atom. The van der Waals surface area contributed by atoms with Gasteiger partial charge in [-0.3, -0.25) is 9.59 Å². The Hall–Kier alpha value is -1.97. The number of sulfonamides is 1. The summed E-state index contributed by atoms with van der Waals surface area (Å²) in [5.41, 5.74) is 0.767. The Balaban J connectivity index is 2.06. The van der Waals surface area contributed by atoms with Gasteiger partial charge in [-0.05, 0) is 31.9 Å². The van der Waals surface area contributed by atoms with Gasteiger partial charge in [-0.15, -0.1) is 0 Å². The Bertz CT molecular complexity index is 766. The molecule has 1 fully saturated rings. The molecule has 1 aromatic carbocycles. The zero-order chi connectivity index (χ0) is 19.9. The van der Waals surface area contributed by atoms with Crippen LogP contribution < -0.4 is 10.6 Å². The lowest BCUT2D eigenvalue weighted by molar-refractivity contribution is -0.120. The smallest absolute Gasteiger partial charge is 0.253 e. The van der Waals surface area contributed by atoms with Gasteiger partial charge in [0.2, 0.25) is 15.9 Å². The number of methoxy groups -OCH3 is 1. The van der Waals surface area contributed by atoms with E-state index in [4.69, 9.17) is 4.74 Å². The van der Waals surface area contributed by atoms with Crippen LogP contribution in [0.5, 0.6) is 0 Å². The number of anilines is 1. The van der Waals surface area contributed by atoms with E-state index in [0.29, 0.717) is 43.8 Å². The van der Waals surface area contributed by atoms with Gasteiger partial charge in [-0.1, -0.05) is 12.1 Å². The van der Waals surface area contributed by atoms with E-state index in [1.54, 1.807) is 38.3 Å². The first-order valence-electron chi connectivity index (χ1n) is 9.04. The molecule has 2 N–H and O–H groups in total. The SMILES string of the molecule is CCS(=O)(=O)N1CCCC(C(=O)Nc2ccccc2C(=O)NCCOC)C1. The third-order valence-electron chi connectivity index (χ3n) is 4.53. The Morgan fingerprint density at radius 1 is 1.30 bits per heavy atom. The number of benzene rings is 1. The van der Waals surface area contributed by atoms with Crippen LogP contribution in [-0.2, 0) is 19.6 Å². The first-order chi connectivity index (χ1) is 12.9. The van der Waals surface area contributed by atoms with Crippen molar-refractivity contribution in [2.45, 2.75) is 19.8 Å². The Kier molecular flexibility index (Phi) is 7.76. The van der Waals surface area contributed by atoms with Crippen LogP contribution in [0, 0.1) is 5.92 Å². The van der Waals surface area contributed by atoms with E-state index < -0.39 is 15.9 Å². The number of nitrogens with one attached hydrogen (secondary N) is 2. The van der Waals surface area contributed by atoms with E-state index in [9.17, 15) is 18.0 Å². The quantitative estimate of drug-likeness (QED) is 0.638. The number of para-hydroxylation sites is 1. The van der Waals surface area contributed by atoms with Crippen LogP contribution in [0.1, 0.15) is 30.1 Å². The monoisotopic (exact) mass is 397 g/mol. The Morgan fingerprint density at radius 2 is 2.04 bits per heavy atom. The Labute approximate surface area is 160 Å². The van der Waals surface area contributed by atoms with Crippen molar-refractivity contribution in [1.29, 1.82) is 0 Å². The number of hydrogen-bond acceptors (Lipinski definition) is 5. The van der Waals surface area contributed by atoms with Gasteiger partial charge >= 0.3 is 0 Å². The van der Waals surface area contributed by atoms with Gasteiger partial charge in [-0.2, -0.15) is 0 Å². The first-order valence-corrected chi connectivity index (χ1v) is 10.6. The number of amides is 2. The summed E-state index contributed by atoms with van der Waals surface area (Å²) in [5, 5.41) is 5.51. The number of carbonyl (C=O) groups is 2. The number of carbonyl (C=O) groups excluding carboxylic acids is 2. The number of hydrogen-bond donors (Lipinski definition) is 2. The molecule has 0 saturated carbocycles. The number of ether oxygens (including phenoxy) is 1. The summed E-state index contributed by atoms with van der Waals surface area (Å²) in [5.74, 6) is -0.999. The van der Waals surface area contributed by atoms with Crippen molar-refractivity contribution in [2.24, 2.45) is 5.92 Å². The molecule has 0 bridgehead atoms. The topological polar surface area (TPSA) is 105 Å². The fourth-order valence-electron chi connectivity index (χ4n) is 2.98. The van der Waals surface area contributed by atoms with E-state index in [2.05, 4.69) is 10.6 Å². The van der Waals surface area contributed by atoms with Gasteiger partial charge in [0.15, 0.2) is 0 Å². The number of nitrogens with zero attached hydrogens (tertiary/aromatic N) is 1. The minimum Gasteiger partial charge on any atom is -0.383 e. The van der Waals surface area contributed by atoms with E-state index in [1.807, 2.05) is 0 Å². The van der Waals surface area contributed by atoms with E-state index in [1.165, 1.54) is 4.31 Å². The highest BCUT2D eigenvalue weighted by Gasteiger charge is 2.31. The molecule has 9 heteroatoms. The summed E-state index contributed by atoms with van der Waals surface area (Å²) < 4.78 is 30.5. The molecule has 1 unspecified atom stereocenters. The number of rotatable bonds is 8. The molecule has 27 heavy (non-hydrogen) atoms. The highest BCUT2D eigenvalue weighted by atomic mass is 32.2. The fraction of sp³-hybridized carbons (Fsp3) is 0.556. The third kappa shape index (κ3) is 5.75. The molecule has 150 valence electrons. The molecule has 0 radical (unpaired) electrons. The molecule has 2 amide bonds. The van der Waals surface area contributed by atoms with Crippen molar-refractivity contribution in [2.75, 3.05) is 44.4 Å². The van der Waals surface area contributed by atoms with Gasteiger partial charge in [0.05, 0.1) is 29.5 Å². The van der Waals surface area contributed by atoms with Crippen LogP contribution in [0.25, 0.3) is 0 Å². The molecular weight excluding hydrogens is 370 g/mol. The normalized spacial score (nSPS) is 18.1. The average molecular weight is 397 g/mol. The van der Waals surface area contributed by atoms with Crippen LogP contribution in [-0.4, -0.2) is 63.6 Å². The minimum absolute atomic E-state index is 0.0197. The average Bonchev–Trinajstić information content (AvgIpc) is 2.68. The van der Waals surface area contributed by atoms with Crippen molar-refractivity contribution in [3.8, 4) is 0 Å². The molecular formula is C18H27N3O5S. The third-order valence-corrected chi connectivity index (χ3v) is 6.38. The minimum atomic E-state index is -3.32. The van der Waals surface area contributed by atoms with Crippen LogP contribution in [0.4, 0.5) is 5.69 Å². The standard InChI is InChI=1S/C18H27N3O5S/c1-3-27(24,25)21-11-6-7-14(13-21)17(22)20-16-9-5-4-8-15(16)18(23)19-10-12-26-2/h4-5,8-9,14H,3,6-7,10-13H2,1-2H3,(H,19,23)(H,20,22). The summed E-state index contributed by atoms with van der Waals surface area (Å²) in [6.45, 7) is 2.97. The fourth-order valence-corrected chi connectivity index (χ4v) is 4.16. The largest absolute Gasteiger partial charge is 0.383 e. The van der Waals surface area contributed by atoms with Gasteiger partial charge < -0.3 is 15.4 Å². The second-order valence-electron chi connectivity index (χ2n) is 6.38. The lowest BCUT2D eigenvalue weighted by Crippen LogP contribution is -2.44. The second kappa shape index (κ2) is 9.82. The molecule has 1 heterocycles. The molecule has 1 atom stereocenters. The highest BCUT2D eigenvalue weighted by Crippen LogP contribution is 2.22. The lowest BCUT2D eigenvalue weighted by Gasteiger charge is -2.31. The predicted octanol–water partition coefficient (Wildman–Crippen LogP) is 1.06. The van der Waals surface area contributed by atoms with E-state index in [-0.39, 0.29) is 24.1 Å².